The number of fused-ring (bicyclic) bond motifs is 4. The summed E-state index contributed by atoms with van der Waals surface area (Å²) < 4.78 is 54.6. The summed E-state index contributed by atoms with van der Waals surface area (Å²) in [6.45, 7) is -0.276. The van der Waals surface area contributed by atoms with Crippen LogP contribution in [-0.2, 0) is 17.8 Å². The third-order valence-electron chi connectivity index (χ3n) is 5.85. The predicted molar refractivity (Wildman–Crippen MR) is 117 cm³/mol. The predicted octanol–water partition coefficient (Wildman–Crippen LogP) is 2.71. The van der Waals surface area contributed by atoms with Crippen LogP contribution >= 0.6 is 0 Å². The molecule has 0 saturated carbocycles. The van der Waals surface area contributed by atoms with Gasteiger partial charge in [-0.2, -0.15) is 23.5 Å². The lowest BCUT2D eigenvalue weighted by Gasteiger charge is -2.26. The third-order valence-corrected chi connectivity index (χ3v) is 5.85. The highest BCUT2D eigenvalue weighted by molar-refractivity contribution is 6.02. The number of halogens is 3. The molecule has 0 spiro atoms. The molecule has 1 aliphatic rings. The van der Waals surface area contributed by atoms with Gasteiger partial charge in [0.2, 0.25) is 5.82 Å². The average Bonchev–Trinajstić information content (AvgIpc) is 3.46. The van der Waals surface area contributed by atoms with Gasteiger partial charge in [-0.1, -0.05) is 0 Å². The summed E-state index contributed by atoms with van der Waals surface area (Å²) in [4.78, 5) is 17.4. The van der Waals surface area contributed by atoms with Crippen molar-refractivity contribution in [2.24, 2.45) is 7.05 Å². The Hall–Kier alpha value is -4.55. The van der Waals surface area contributed by atoms with E-state index in [0.29, 0.717) is 16.9 Å². The summed E-state index contributed by atoms with van der Waals surface area (Å²) in [6.07, 6.45) is 4.55. The van der Waals surface area contributed by atoms with Crippen LogP contribution in [0.4, 0.5) is 18.9 Å². The molecular weight excluding hydrogens is 465 g/mol. The van der Waals surface area contributed by atoms with E-state index in [4.69, 9.17) is 4.74 Å². The number of rotatable bonds is 3. The Morgan fingerprint density at radius 1 is 1.11 bits per heavy atom. The SMILES string of the molecule is CN1C(=O)COc2c1cnc1cc(F)c(C(F)(F)c3nnc4ccc(-c5cnn(C)c5)nn34)cc21. The van der Waals surface area contributed by atoms with Crippen LogP contribution in [0.1, 0.15) is 11.4 Å². The fourth-order valence-corrected chi connectivity index (χ4v) is 3.99. The number of carbonyl (C=O) groups is 1. The van der Waals surface area contributed by atoms with E-state index in [-0.39, 0.29) is 34.8 Å². The highest BCUT2D eigenvalue weighted by Crippen LogP contribution is 2.42. The zero-order chi connectivity index (χ0) is 24.5. The van der Waals surface area contributed by atoms with Crippen LogP contribution in [0.15, 0.2) is 42.9 Å². The van der Waals surface area contributed by atoms with Crippen LogP contribution in [0.3, 0.4) is 0 Å². The molecule has 0 saturated heterocycles. The first-order valence-corrected chi connectivity index (χ1v) is 10.4. The molecule has 5 aromatic rings. The van der Waals surface area contributed by atoms with Crippen LogP contribution in [0.5, 0.6) is 5.75 Å². The van der Waals surface area contributed by atoms with Gasteiger partial charge in [-0.25, -0.2) is 4.39 Å². The Bertz CT molecular complexity index is 1660. The lowest BCUT2D eigenvalue weighted by Crippen LogP contribution is -2.35. The molecule has 4 aromatic heterocycles. The number of aryl methyl sites for hydroxylation is 1. The molecule has 0 bridgehead atoms. The number of benzene rings is 1. The van der Waals surface area contributed by atoms with Crippen LogP contribution in [0.2, 0.25) is 0 Å². The molecule has 5 heterocycles. The van der Waals surface area contributed by atoms with Gasteiger partial charge in [0, 0.05) is 37.3 Å². The van der Waals surface area contributed by atoms with E-state index in [1.54, 1.807) is 24.0 Å². The van der Waals surface area contributed by atoms with E-state index >= 15 is 13.2 Å². The van der Waals surface area contributed by atoms with Crippen molar-refractivity contribution in [3.63, 3.8) is 0 Å². The number of pyridine rings is 1. The van der Waals surface area contributed by atoms with Crippen molar-refractivity contribution in [2.45, 2.75) is 5.92 Å². The number of alkyl halides is 2. The maximum Gasteiger partial charge on any atom is 0.336 e. The molecule has 0 aliphatic carbocycles. The van der Waals surface area contributed by atoms with E-state index in [0.717, 1.165) is 16.6 Å². The zero-order valence-corrected chi connectivity index (χ0v) is 18.3. The lowest BCUT2D eigenvalue weighted by atomic mass is 10.0. The second-order valence-corrected chi connectivity index (χ2v) is 8.05. The number of aromatic nitrogens is 7. The molecule has 10 nitrogen and oxygen atoms in total. The van der Waals surface area contributed by atoms with Gasteiger partial charge in [0.15, 0.2) is 18.0 Å². The van der Waals surface area contributed by atoms with Crippen LogP contribution in [-0.4, -0.2) is 54.1 Å². The van der Waals surface area contributed by atoms with Gasteiger partial charge in [-0.05, 0) is 18.2 Å². The number of nitrogens with zero attached hydrogens (tertiary/aromatic N) is 8. The summed E-state index contributed by atoms with van der Waals surface area (Å²) >= 11 is 0. The van der Waals surface area contributed by atoms with E-state index in [1.165, 1.54) is 30.4 Å². The molecule has 1 amide bonds. The minimum absolute atomic E-state index is 0.0658. The van der Waals surface area contributed by atoms with Gasteiger partial charge >= 0.3 is 5.92 Å². The van der Waals surface area contributed by atoms with Crippen molar-refractivity contribution in [3.8, 4) is 17.0 Å². The topological polar surface area (TPSA) is 103 Å². The molecule has 176 valence electrons. The van der Waals surface area contributed by atoms with Gasteiger partial charge in [-0.15, -0.1) is 10.2 Å². The number of hydrogen-bond acceptors (Lipinski definition) is 7. The molecule has 35 heavy (non-hydrogen) atoms. The summed E-state index contributed by atoms with van der Waals surface area (Å²) in [5.74, 6) is -6.12. The minimum atomic E-state index is -3.92. The fraction of sp³-hybridized carbons (Fsp3) is 0.182. The number of hydrogen-bond donors (Lipinski definition) is 0. The summed E-state index contributed by atoms with van der Waals surface area (Å²) in [6, 6.07) is 4.95. The number of ether oxygens (including phenoxy) is 1. The van der Waals surface area contributed by atoms with Crippen LogP contribution in [0, 0.1) is 5.82 Å². The lowest BCUT2D eigenvalue weighted by molar-refractivity contribution is -0.120. The Morgan fingerprint density at radius 3 is 2.71 bits per heavy atom. The first-order valence-electron chi connectivity index (χ1n) is 10.4. The van der Waals surface area contributed by atoms with E-state index in [2.05, 4.69) is 25.4 Å². The monoisotopic (exact) mass is 480 g/mol. The van der Waals surface area contributed by atoms with Crippen LogP contribution < -0.4 is 9.64 Å². The summed E-state index contributed by atoms with van der Waals surface area (Å²) in [5.41, 5.74) is 0.475. The van der Waals surface area contributed by atoms with E-state index in [1.807, 2.05) is 0 Å². The van der Waals surface area contributed by atoms with Crippen LogP contribution in [0.25, 0.3) is 27.8 Å². The second-order valence-electron chi connectivity index (χ2n) is 8.05. The van der Waals surface area contributed by atoms with Crippen molar-refractivity contribution in [2.75, 3.05) is 18.6 Å². The Kier molecular flexibility index (Phi) is 4.34. The fourth-order valence-electron chi connectivity index (χ4n) is 3.99. The van der Waals surface area contributed by atoms with Crippen molar-refractivity contribution in [1.29, 1.82) is 0 Å². The quantitative estimate of drug-likeness (QED) is 0.391. The molecule has 0 fully saturated rings. The minimum Gasteiger partial charge on any atom is -0.481 e. The number of anilines is 1. The Labute approximate surface area is 194 Å². The molecule has 0 radical (unpaired) electrons. The highest BCUT2D eigenvalue weighted by Gasteiger charge is 2.43. The molecule has 1 aromatic carbocycles. The molecule has 13 heteroatoms. The molecule has 0 atom stereocenters. The highest BCUT2D eigenvalue weighted by atomic mass is 19.3. The number of likely N-dealkylation sites (N-methyl/N-ethyl adjacent to an activating group) is 1. The normalized spacial score (nSPS) is 14.0. The largest absolute Gasteiger partial charge is 0.481 e. The zero-order valence-electron chi connectivity index (χ0n) is 18.3. The first-order chi connectivity index (χ1) is 16.7. The van der Waals surface area contributed by atoms with Gasteiger partial charge in [-0.3, -0.25) is 14.5 Å². The maximum atomic E-state index is 15.8. The van der Waals surface area contributed by atoms with Gasteiger partial charge in [0.05, 0.1) is 29.2 Å². The number of amides is 1. The second kappa shape index (κ2) is 7.22. The Morgan fingerprint density at radius 2 is 1.94 bits per heavy atom. The van der Waals surface area contributed by atoms with Gasteiger partial charge < -0.3 is 9.64 Å². The smallest absolute Gasteiger partial charge is 0.336 e. The first kappa shape index (κ1) is 21.0. The summed E-state index contributed by atoms with van der Waals surface area (Å²) in [5, 5.41) is 15.8. The van der Waals surface area contributed by atoms with Crippen molar-refractivity contribution < 1.29 is 22.7 Å². The van der Waals surface area contributed by atoms with Crippen molar-refractivity contribution in [3.05, 3.63) is 60.1 Å². The number of carbonyl (C=O) groups excluding carboxylic acids is 1. The maximum absolute atomic E-state index is 15.8. The van der Waals surface area contributed by atoms with E-state index in [9.17, 15) is 4.79 Å². The molecular formula is C22H15F3N8O2. The average molecular weight is 480 g/mol. The van der Waals surface area contributed by atoms with E-state index < -0.39 is 23.1 Å². The molecule has 0 unspecified atom stereocenters. The van der Waals surface area contributed by atoms with Crippen molar-refractivity contribution >= 4 is 28.1 Å². The third kappa shape index (κ3) is 3.11. The van der Waals surface area contributed by atoms with Gasteiger partial charge in [0.1, 0.15) is 11.5 Å². The Balaban J connectivity index is 1.52. The van der Waals surface area contributed by atoms with Gasteiger partial charge in [0.25, 0.3) is 5.91 Å². The summed E-state index contributed by atoms with van der Waals surface area (Å²) in [7, 11) is 3.23. The molecule has 0 N–H and O–H groups in total. The molecule has 6 rings (SSSR count). The standard InChI is InChI=1S/C22H15F3N8O2/c1-31-9-11(7-27-31)15-3-4-18-28-29-21(33(18)30-15)22(24,25)13-5-12-16(6-14(13)23)26-8-17-20(12)35-10-19(34)32(17)2/h3-9H,10H2,1-2H3. The van der Waals surface area contributed by atoms with Crippen molar-refractivity contribution in [1.82, 2.24) is 34.6 Å². The molecule has 1 aliphatic heterocycles.